The Bertz CT molecular complexity index is 1320. The third kappa shape index (κ3) is 4.35. The van der Waals surface area contributed by atoms with Crippen molar-refractivity contribution < 1.29 is 27.5 Å². The lowest BCUT2D eigenvalue weighted by atomic mass is 10.2. The van der Waals surface area contributed by atoms with Gasteiger partial charge >= 0.3 is 5.97 Å². The Hall–Kier alpha value is -3.66. The molecule has 10 heteroatoms. The molecular formula is C22H16F3N3O3S. The minimum absolute atomic E-state index is 0.272. The first kappa shape index (κ1) is 21.6. The zero-order valence-electron chi connectivity index (χ0n) is 16.7. The van der Waals surface area contributed by atoms with Crippen LogP contribution in [0.1, 0.15) is 20.9 Å². The average Bonchev–Trinajstić information content (AvgIpc) is 3.34. The average molecular weight is 459 g/mol. The van der Waals surface area contributed by atoms with E-state index in [0.717, 1.165) is 27.5 Å². The predicted molar refractivity (Wildman–Crippen MR) is 113 cm³/mol. The molecule has 1 amide bonds. The van der Waals surface area contributed by atoms with Crippen LogP contribution in [0.2, 0.25) is 0 Å². The summed E-state index contributed by atoms with van der Waals surface area (Å²) in [5.74, 6) is -6.25. The number of fused-ring (bicyclic) bond motifs is 1. The molecule has 4 aromatic rings. The van der Waals surface area contributed by atoms with Crippen molar-refractivity contribution in [3.05, 3.63) is 82.1 Å². The number of benzene rings is 2. The van der Waals surface area contributed by atoms with Crippen LogP contribution in [0.5, 0.6) is 0 Å². The number of hydrogen-bond acceptors (Lipinski definition) is 5. The Morgan fingerprint density at radius 2 is 1.84 bits per heavy atom. The fourth-order valence-corrected chi connectivity index (χ4v) is 4.14. The Morgan fingerprint density at radius 3 is 2.59 bits per heavy atom. The van der Waals surface area contributed by atoms with Gasteiger partial charge in [0.25, 0.3) is 5.91 Å². The van der Waals surface area contributed by atoms with Gasteiger partial charge in [-0.3, -0.25) is 9.48 Å². The maximum Gasteiger partial charge on any atom is 0.348 e. The van der Waals surface area contributed by atoms with Gasteiger partial charge in [-0.2, -0.15) is 5.10 Å². The highest BCUT2D eigenvalue weighted by Gasteiger charge is 2.20. The van der Waals surface area contributed by atoms with Crippen LogP contribution in [0.15, 0.2) is 48.5 Å². The van der Waals surface area contributed by atoms with Gasteiger partial charge < -0.3 is 10.1 Å². The summed E-state index contributed by atoms with van der Waals surface area (Å²) in [5, 5.41) is 7.35. The molecule has 0 aliphatic carbocycles. The van der Waals surface area contributed by atoms with Gasteiger partial charge in [-0.05, 0) is 30.7 Å². The van der Waals surface area contributed by atoms with Crippen LogP contribution in [-0.2, 0) is 16.1 Å². The van der Waals surface area contributed by atoms with Crippen LogP contribution in [0, 0.1) is 24.4 Å². The third-order valence-corrected chi connectivity index (χ3v) is 5.76. The van der Waals surface area contributed by atoms with E-state index in [1.165, 1.54) is 11.3 Å². The van der Waals surface area contributed by atoms with E-state index in [4.69, 9.17) is 4.74 Å². The largest absolute Gasteiger partial charge is 0.451 e. The van der Waals surface area contributed by atoms with E-state index in [2.05, 4.69) is 5.10 Å². The summed E-state index contributed by atoms with van der Waals surface area (Å²) < 4.78 is 46.7. The maximum absolute atomic E-state index is 13.7. The monoisotopic (exact) mass is 459 g/mol. The molecule has 2 aromatic carbocycles. The number of aryl methyl sites for hydroxylation is 1. The van der Waals surface area contributed by atoms with Gasteiger partial charge in [-0.15, -0.1) is 11.3 Å². The van der Waals surface area contributed by atoms with Crippen molar-refractivity contribution in [2.75, 3.05) is 11.9 Å². The highest BCUT2D eigenvalue weighted by Crippen LogP contribution is 2.29. The second-order valence-corrected chi connectivity index (χ2v) is 7.94. The molecule has 0 aliphatic rings. The molecule has 0 radical (unpaired) electrons. The molecule has 32 heavy (non-hydrogen) atoms. The van der Waals surface area contributed by atoms with Gasteiger partial charge in [-0.1, -0.05) is 30.3 Å². The van der Waals surface area contributed by atoms with Crippen LogP contribution < -0.4 is 5.32 Å². The smallest absolute Gasteiger partial charge is 0.348 e. The van der Waals surface area contributed by atoms with Crippen molar-refractivity contribution in [3.63, 3.8) is 0 Å². The topological polar surface area (TPSA) is 73.2 Å². The van der Waals surface area contributed by atoms with Crippen LogP contribution in [0.3, 0.4) is 0 Å². The van der Waals surface area contributed by atoms with Gasteiger partial charge in [0.2, 0.25) is 0 Å². The quantitative estimate of drug-likeness (QED) is 0.336. The normalized spacial score (nSPS) is 11.0. The number of ether oxygens (including phenoxy) is 1. The van der Waals surface area contributed by atoms with E-state index in [1.54, 1.807) is 10.7 Å². The Balaban J connectivity index is 1.43. The van der Waals surface area contributed by atoms with E-state index in [9.17, 15) is 22.8 Å². The number of rotatable bonds is 6. The van der Waals surface area contributed by atoms with E-state index < -0.39 is 41.6 Å². The molecule has 164 valence electrons. The lowest BCUT2D eigenvalue weighted by Crippen LogP contribution is -2.21. The van der Waals surface area contributed by atoms with Crippen molar-refractivity contribution in [1.29, 1.82) is 0 Å². The van der Waals surface area contributed by atoms with E-state index in [-0.39, 0.29) is 4.88 Å². The van der Waals surface area contributed by atoms with Crippen molar-refractivity contribution in [3.8, 4) is 0 Å². The summed E-state index contributed by atoms with van der Waals surface area (Å²) in [6.45, 7) is 1.64. The summed E-state index contributed by atoms with van der Waals surface area (Å²) in [7, 11) is 0. The summed E-state index contributed by atoms with van der Waals surface area (Å²) in [5.41, 5.74) is 1.25. The number of aromatic nitrogens is 2. The fourth-order valence-electron chi connectivity index (χ4n) is 3.09. The van der Waals surface area contributed by atoms with Gasteiger partial charge in [0.15, 0.2) is 24.1 Å². The first-order valence-electron chi connectivity index (χ1n) is 9.45. The zero-order valence-corrected chi connectivity index (χ0v) is 17.5. The second kappa shape index (κ2) is 8.83. The number of halogens is 3. The Morgan fingerprint density at radius 1 is 1.09 bits per heavy atom. The molecule has 2 aromatic heterocycles. The predicted octanol–water partition coefficient (Wildman–Crippen LogP) is 4.67. The number of anilines is 1. The van der Waals surface area contributed by atoms with Crippen molar-refractivity contribution in [1.82, 2.24) is 9.78 Å². The second-order valence-electron chi connectivity index (χ2n) is 6.91. The molecule has 0 saturated carbocycles. The first-order chi connectivity index (χ1) is 15.3. The number of carbonyl (C=O) groups excluding carboxylic acids is 2. The van der Waals surface area contributed by atoms with Gasteiger partial charge in [0.05, 0.1) is 17.9 Å². The molecule has 4 rings (SSSR count). The van der Waals surface area contributed by atoms with Crippen LogP contribution >= 0.6 is 11.3 Å². The number of hydrogen-bond donors (Lipinski definition) is 1. The molecule has 1 N–H and O–H groups in total. The molecule has 0 bridgehead atoms. The molecule has 0 unspecified atom stereocenters. The summed E-state index contributed by atoms with van der Waals surface area (Å²) in [6, 6.07) is 12.9. The Labute approximate surface area is 184 Å². The Kier molecular flexibility index (Phi) is 5.95. The van der Waals surface area contributed by atoms with Gasteiger partial charge in [0, 0.05) is 5.39 Å². The number of esters is 1. The van der Waals surface area contributed by atoms with Crippen LogP contribution in [0.4, 0.5) is 18.9 Å². The summed E-state index contributed by atoms with van der Waals surface area (Å²) >= 11 is 1.18. The number of thiophene rings is 1. The maximum atomic E-state index is 13.7. The number of amides is 1. The lowest BCUT2D eigenvalue weighted by molar-refractivity contribution is -0.119. The third-order valence-electron chi connectivity index (χ3n) is 4.63. The van der Waals surface area contributed by atoms with Gasteiger partial charge in [-0.25, -0.2) is 18.0 Å². The highest BCUT2D eigenvalue weighted by molar-refractivity contribution is 7.20. The number of carbonyl (C=O) groups is 2. The minimum Gasteiger partial charge on any atom is -0.451 e. The number of nitrogens with zero attached hydrogens (tertiary/aromatic N) is 2. The molecular weight excluding hydrogens is 443 g/mol. The van der Waals surface area contributed by atoms with Gasteiger partial charge in [0.1, 0.15) is 9.71 Å². The standard InChI is InChI=1S/C22H16F3N3O3S/c1-12-14-9-17(32-21(14)28(27-12)10-13-5-3-2-4-6-13)22(30)31-11-18(29)26-16-8-7-15(23)19(24)20(16)25/h2-9H,10-11H2,1H3,(H,26,29). The molecule has 0 fully saturated rings. The SMILES string of the molecule is Cc1nn(Cc2ccccc2)c2sc(C(=O)OCC(=O)Nc3ccc(F)c(F)c3F)cc12. The lowest BCUT2D eigenvalue weighted by Gasteiger charge is -2.07. The van der Waals surface area contributed by atoms with E-state index in [0.29, 0.717) is 12.6 Å². The summed E-state index contributed by atoms with van der Waals surface area (Å²) in [6.07, 6.45) is 0. The van der Waals surface area contributed by atoms with Crippen molar-refractivity contribution in [2.45, 2.75) is 13.5 Å². The van der Waals surface area contributed by atoms with E-state index in [1.807, 2.05) is 42.6 Å². The zero-order chi connectivity index (χ0) is 22.8. The molecule has 0 spiro atoms. The minimum atomic E-state index is -1.70. The van der Waals surface area contributed by atoms with E-state index >= 15 is 0 Å². The molecule has 0 atom stereocenters. The van der Waals surface area contributed by atoms with Crippen molar-refractivity contribution >= 4 is 39.1 Å². The van der Waals surface area contributed by atoms with Crippen molar-refractivity contribution in [2.24, 2.45) is 0 Å². The molecule has 0 aliphatic heterocycles. The van der Waals surface area contributed by atoms with Crippen LogP contribution in [0.25, 0.3) is 10.2 Å². The molecule has 2 heterocycles. The fraction of sp³-hybridized carbons (Fsp3) is 0.136. The number of nitrogens with one attached hydrogen (secondary N) is 1. The van der Waals surface area contributed by atoms with Crippen LogP contribution in [-0.4, -0.2) is 28.3 Å². The first-order valence-corrected chi connectivity index (χ1v) is 10.3. The molecule has 0 saturated heterocycles. The highest BCUT2D eigenvalue weighted by atomic mass is 32.1. The molecule has 6 nitrogen and oxygen atoms in total. The summed E-state index contributed by atoms with van der Waals surface area (Å²) in [4.78, 5) is 25.4.